The monoisotopic (exact) mass is 392 g/mol. The number of nitrogens with one attached hydrogen (secondary N) is 2. The summed E-state index contributed by atoms with van der Waals surface area (Å²) in [5, 5.41) is 5.94. The summed E-state index contributed by atoms with van der Waals surface area (Å²) in [5.74, 6) is 0.604. The van der Waals surface area contributed by atoms with Gasteiger partial charge in [-0.25, -0.2) is 4.98 Å². The minimum Gasteiger partial charge on any atom is -0.352 e. The van der Waals surface area contributed by atoms with Gasteiger partial charge in [-0.05, 0) is 52.0 Å². The molecule has 0 spiro atoms. The summed E-state index contributed by atoms with van der Waals surface area (Å²) in [6, 6.07) is 15.3. The Labute approximate surface area is 171 Å². The van der Waals surface area contributed by atoms with Gasteiger partial charge in [0.2, 0.25) is 5.91 Å². The number of aryl methyl sites for hydroxylation is 1. The number of nitrogens with zero attached hydrogens (tertiary/aromatic N) is 2. The molecule has 6 nitrogen and oxygen atoms in total. The number of carbonyl (C=O) groups excluding carboxylic acids is 2. The van der Waals surface area contributed by atoms with Gasteiger partial charge in [0.25, 0.3) is 5.91 Å². The summed E-state index contributed by atoms with van der Waals surface area (Å²) in [4.78, 5) is 29.5. The van der Waals surface area contributed by atoms with E-state index in [9.17, 15) is 9.59 Å². The van der Waals surface area contributed by atoms with Crippen molar-refractivity contribution in [2.24, 2.45) is 0 Å². The van der Waals surface area contributed by atoms with Gasteiger partial charge in [0.15, 0.2) is 0 Å². The molecule has 0 unspecified atom stereocenters. The summed E-state index contributed by atoms with van der Waals surface area (Å²) in [5.41, 5.74) is 3.15. The van der Waals surface area contributed by atoms with Crippen molar-refractivity contribution in [3.63, 3.8) is 0 Å². The van der Waals surface area contributed by atoms with Crippen LogP contribution in [0.5, 0.6) is 0 Å². The highest BCUT2D eigenvalue weighted by atomic mass is 16.2. The Morgan fingerprint density at radius 1 is 1.07 bits per heavy atom. The van der Waals surface area contributed by atoms with Crippen molar-refractivity contribution in [2.45, 2.75) is 46.2 Å². The smallest absolute Gasteiger partial charge is 0.251 e. The van der Waals surface area contributed by atoms with Crippen molar-refractivity contribution in [2.75, 3.05) is 6.54 Å². The molecule has 29 heavy (non-hydrogen) atoms. The van der Waals surface area contributed by atoms with Gasteiger partial charge >= 0.3 is 0 Å². The normalized spacial score (nSPS) is 11.4. The van der Waals surface area contributed by atoms with E-state index in [-0.39, 0.29) is 23.9 Å². The average molecular weight is 393 g/mol. The van der Waals surface area contributed by atoms with Gasteiger partial charge in [-0.3, -0.25) is 9.59 Å². The first-order chi connectivity index (χ1) is 13.7. The first-order valence-electron chi connectivity index (χ1n) is 9.83. The van der Waals surface area contributed by atoms with Crippen LogP contribution in [0, 0.1) is 6.92 Å². The Balaban J connectivity index is 1.73. The first kappa shape index (κ1) is 20.6. The van der Waals surface area contributed by atoms with Crippen molar-refractivity contribution in [1.82, 2.24) is 20.2 Å². The number of hydrogen-bond donors (Lipinski definition) is 2. The van der Waals surface area contributed by atoms with Crippen molar-refractivity contribution >= 4 is 22.8 Å². The van der Waals surface area contributed by atoms with Crippen LogP contribution >= 0.6 is 0 Å². The highest BCUT2D eigenvalue weighted by Gasteiger charge is 2.18. The van der Waals surface area contributed by atoms with E-state index in [0.717, 1.165) is 22.4 Å². The average Bonchev–Trinajstić information content (AvgIpc) is 2.97. The minimum atomic E-state index is -0.296. The molecule has 0 atom stereocenters. The molecule has 3 rings (SSSR count). The SMILES string of the molecule is Cc1cccc(C(=O)NCCc2nc3ccccc3n2CC(=O)NC(C)(C)C)c1. The predicted octanol–water partition coefficient (Wildman–Crippen LogP) is 3.23. The first-order valence-corrected chi connectivity index (χ1v) is 9.83. The van der Waals surface area contributed by atoms with Crippen LogP contribution in [0.4, 0.5) is 0 Å². The molecular formula is C23H28N4O2. The van der Waals surface area contributed by atoms with Gasteiger partial charge in [-0.15, -0.1) is 0 Å². The fourth-order valence-corrected chi connectivity index (χ4v) is 3.27. The summed E-state index contributed by atoms with van der Waals surface area (Å²) in [7, 11) is 0. The predicted molar refractivity (Wildman–Crippen MR) is 115 cm³/mol. The number of hydrogen-bond acceptors (Lipinski definition) is 3. The van der Waals surface area contributed by atoms with Crippen LogP contribution < -0.4 is 10.6 Å². The van der Waals surface area contributed by atoms with Crippen molar-refractivity contribution in [3.05, 3.63) is 65.5 Å². The van der Waals surface area contributed by atoms with Crippen molar-refractivity contribution < 1.29 is 9.59 Å². The molecule has 0 bridgehead atoms. The standard InChI is InChI=1S/C23H28N4O2/c1-16-8-7-9-17(14-16)22(29)24-13-12-20-25-18-10-5-6-11-19(18)27(20)15-21(28)26-23(2,3)4/h5-11,14H,12-13,15H2,1-4H3,(H,24,29)(H,26,28). The number of imidazole rings is 1. The second-order valence-corrected chi connectivity index (χ2v) is 8.28. The molecular weight excluding hydrogens is 364 g/mol. The van der Waals surface area contributed by atoms with E-state index < -0.39 is 0 Å². The van der Waals surface area contributed by atoms with Gasteiger partial charge in [-0.2, -0.15) is 0 Å². The third-order valence-corrected chi connectivity index (χ3v) is 4.46. The molecule has 1 heterocycles. The third kappa shape index (κ3) is 5.44. The number of carbonyl (C=O) groups is 2. The van der Waals surface area contributed by atoms with Crippen molar-refractivity contribution in [1.29, 1.82) is 0 Å². The van der Waals surface area contributed by atoms with E-state index in [1.807, 2.05) is 74.7 Å². The van der Waals surface area contributed by atoms with Gasteiger partial charge in [0.1, 0.15) is 12.4 Å². The molecule has 0 saturated heterocycles. The lowest BCUT2D eigenvalue weighted by atomic mass is 10.1. The fraction of sp³-hybridized carbons (Fsp3) is 0.348. The molecule has 0 aliphatic heterocycles. The summed E-state index contributed by atoms with van der Waals surface area (Å²) >= 11 is 0. The molecule has 152 valence electrons. The van der Waals surface area contributed by atoms with Crippen LogP contribution in [0.3, 0.4) is 0 Å². The van der Waals surface area contributed by atoms with Crippen molar-refractivity contribution in [3.8, 4) is 0 Å². The summed E-state index contributed by atoms with van der Waals surface area (Å²) in [6.45, 7) is 8.47. The zero-order chi connectivity index (χ0) is 21.0. The molecule has 2 N–H and O–H groups in total. The van der Waals surface area contributed by atoms with E-state index in [0.29, 0.717) is 18.5 Å². The zero-order valence-electron chi connectivity index (χ0n) is 17.5. The number of rotatable bonds is 6. The molecule has 2 amide bonds. The van der Waals surface area contributed by atoms with Gasteiger partial charge < -0.3 is 15.2 Å². The van der Waals surface area contributed by atoms with Crippen LogP contribution in [0.2, 0.25) is 0 Å². The molecule has 0 aliphatic carbocycles. The lowest BCUT2D eigenvalue weighted by Gasteiger charge is -2.21. The fourth-order valence-electron chi connectivity index (χ4n) is 3.27. The van der Waals surface area contributed by atoms with E-state index >= 15 is 0 Å². The van der Waals surface area contributed by atoms with Crippen LogP contribution in [0.25, 0.3) is 11.0 Å². The molecule has 0 aliphatic rings. The second-order valence-electron chi connectivity index (χ2n) is 8.28. The summed E-state index contributed by atoms with van der Waals surface area (Å²) < 4.78 is 1.93. The molecule has 0 saturated carbocycles. The van der Waals surface area contributed by atoms with Crippen LogP contribution in [0.1, 0.15) is 42.5 Å². The summed E-state index contributed by atoms with van der Waals surface area (Å²) in [6.07, 6.45) is 0.537. The lowest BCUT2D eigenvalue weighted by Crippen LogP contribution is -2.42. The Morgan fingerprint density at radius 3 is 2.55 bits per heavy atom. The molecule has 1 aromatic heterocycles. The Hall–Kier alpha value is -3.15. The number of amides is 2. The molecule has 2 aromatic carbocycles. The van der Waals surface area contributed by atoms with Gasteiger partial charge in [0.05, 0.1) is 11.0 Å². The van der Waals surface area contributed by atoms with Crippen LogP contribution in [0.15, 0.2) is 48.5 Å². The van der Waals surface area contributed by atoms with Gasteiger partial charge in [-0.1, -0.05) is 29.8 Å². The number of aromatic nitrogens is 2. The van der Waals surface area contributed by atoms with Crippen LogP contribution in [-0.2, 0) is 17.8 Å². The highest BCUT2D eigenvalue weighted by Crippen LogP contribution is 2.16. The van der Waals surface area contributed by atoms with Crippen LogP contribution in [-0.4, -0.2) is 33.4 Å². The van der Waals surface area contributed by atoms with E-state index in [1.165, 1.54) is 0 Å². The molecule has 3 aromatic rings. The largest absolute Gasteiger partial charge is 0.352 e. The van der Waals surface area contributed by atoms with E-state index in [2.05, 4.69) is 15.6 Å². The maximum atomic E-state index is 12.5. The highest BCUT2D eigenvalue weighted by molar-refractivity contribution is 5.94. The number of fused-ring (bicyclic) bond motifs is 1. The number of benzene rings is 2. The topological polar surface area (TPSA) is 76.0 Å². The maximum absolute atomic E-state index is 12.5. The second kappa shape index (κ2) is 8.47. The molecule has 0 fully saturated rings. The number of para-hydroxylation sites is 2. The Bertz CT molecular complexity index is 1030. The Kier molecular flexibility index (Phi) is 6.01. The quantitative estimate of drug-likeness (QED) is 0.676. The van der Waals surface area contributed by atoms with E-state index in [4.69, 9.17) is 0 Å². The Morgan fingerprint density at radius 2 is 1.83 bits per heavy atom. The maximum Gasteiger partial charge on any atom is 0.251 e. The molecule has 0 radical (unpaired) electrons. The minimum absolute atomic E-state index is 0.0642. The van der Waals surface area contributed by atoms with Gasteiger partial charge in [0, 0.05) is 24.1 Å². The third-order valence-electron chi connectivity index (χ3n) is 4.46. The molecule has 6 heteroatoms. The van der Waals surface area contributed by atoms with E-state index in [1.54, 1.807) is 6.07 Å². The zero-order valence-corrected chi connectivity index (χ0v) is 17.5. The lowest BCUT2D eigenvalue weighted by molar-refractivity contribution is -0.123.